The Morgan fingerprint density at radius 2 is 1.82 bits per heavy atom. The second-order valence-electron chi connectivity index (χ2n) is 10.6. The van der Waals surface area contributed by atoms with E-state index in [0.29, 0.717) is 34.9 Å². The number of benzene rings is 2. The highest BCUT2D eigenvalue weighted by Crippen LogP contribution is 2.39. The number of fused-ring (bicyclic) bond motifs is 4. The average Bonchev–Trinajstić information content (AvgIpc) is 3.43. The van der Waals surface area contributed by atoms with E-state index in [1.54, 1.807) is 44.2 Å². The lowest BCUT2D eigenvalue weighted by Crippen LogP contribution is -2.30. The van der Waals surface area contributed by atoms with E-state index in [2.05, 4.69) is 20.8 Å². The number of ether oxygens (including phenoxy) is 3. The summed E-state index contributed by atoms with van der Waals surface area (Å²) in [6, 6.07) is 10.5. The zero-order valence-electron chi connectivity index (χ0n) is 23.2. The number of amidine groups is 1. The highest BCUT2D eigenvalue weighted by molar-refractivity contribution is 8.93. The van der Waals surface area contributed by atoms with Crippen LogP contribution in [-0.2, 0) is 12.0 Å². The third-order valence-electron chi connectivity index (χ3n) is 6.92. The smallest absolute Gasteiger partial charge is 0.216 e. The molecule has 10 heteroatoms. The summed E-state index contributed by atoms with van der Waals surface area (Å²) < 4.78 is 34.1. The molecule has 0 fully saturated rings. The zero-order chi connectivity index (χ0) is 28.1. The van der Waals surface area contributed by atoms with Crippen LogP contribution in [-0.4, -0.2) is 53.2 Å². The SMILES string of the molecule is Br.CCOc1cc2c(c(F)c1OCC)C(=N)N(CC(=O)c1ccc3c(c1)-n1c(ccc1C(C)(C)C)C(=O)CO3)C2. The number of halogens is 2. The lowest BCUT2D eigenvalue weighted by atomic mass is 9.92. The molecule has 40 heavy (non-hydrogen) atoms. The number of aromatic nitrogens is 1. The van der Waals surface area contributed by atoms with Gasteiger partial charge in [0.2, 0.25) is 5.78 Å². The van der Waals surface area contributed by atoms with Gasteiger partial charge in [-0.05, 0) is 55.8 Å². The lowest BCUT2D eigenvalue weighted by molar-refractivity contribution is 0.0919. The van der Waals surface area contributed by atoms with Crippen LogP contribution < -0.4 is 14.2 Å². The number of rotatable bonds is 7. The number of ketones is 2. The van der Waals surface area contributed by atoms with Crippen LogP contribution in [0.1, 0.15) is 72.3 Å². The topological polar surface area (TPSA) is 93.9 Å². The Labute approximate surface area is 243 Å². The maximum atomic E-state index is 15.4. The molecule has 0 unspecified atom stereocenters. The highest BCUT2D eigenvalue weighted by Gasteiger charge is 2.34. The van der Waals surface area contributed by atoms with Crippen molar-refractivity contribution in [1.29, 1.82) is 5.41 Å². The van der Waals surface area contributed by atoms with Crippen LogP contribution >= 0.6 is 17.0 Å². The number of carbonyl (C=O) groups excluding carboxylic acids is 2. The van der Waals surface area contributed by atoms with Crippen LogP contribution in [0.2, 0.25) is 0 Å². The predicted molar refractivity (Wildman–Crippen MR) is 155 cm³/mol. The molecule has 2 aliphatic rings. The number of nitrogens with zero attached hydrogens (tertiary/aromatic N) is 2. The minimum atomic E-state index is -0.653. The quantitative estimate of drug-likeness (QED) is 0.334. The Balaban J connectivity index is 0.00000370. The van der Waals surface area contributed by atoms with Crippen LogP contribution in [0.4, 0.5) is 4.39 Å². The van der Waals surface area contributed by atoms with E-state index in [9.17, 15) is 9.59 Å². The summed E-state index contributed by atoms with van der Waals surface area (Å²) in [5, 5.41) is 8.64. The first-order valence-corrected chi connectivity index (χ1v) is 13.1. The van der Waals surface area contributed by atoms with Crippen molar-refractivity contribution in [3.63, 3.8) is 0 Å². The van der Waals surface area contributed by atoms with Crippen molar-refractivity contribution in [2.75, 3.05) is 26.4 Å². The molecule has 0 saturated heterocycles. The van der Waals surface area contributed by atoms with Gasteiger partial charge in [-0.25, -0.2) is 4.39 Å². The number of carbonyl (C=O) groups is 2. The second-order valence-corrected chi connectivity index (χ2v) is 10.6. The van der Waals surface area contributed by atoms with E-state index < -0.39 is 5.82 Å². The molecular weight excluding hydrogens is 581 g/mol. The number of nitrogens with one attached hydrogen (secondary N) is 1. The Morgan fingerprint density at radius 1 is 1.10 bits per heavy atom. The molecule has 0 spiro atoms. The van der Waals surface area contributed by atoms with E-state index in [1.807, 2.05) is 10.6 Å². The Morgan fingerprint density at radius 3 is 2.50 bits per heavy atom. The van der Waals surface area contributed by atoms with Gasteiger partial charge in [0.15, 0.2) is 29.7 Å². The van der Waals surface area contributed by atoms with Crippen molar-refractivity contribution < 1.29 is 28.2 Å². The molecule has 0 saturated carbocycles. The van der Waals surface area contributed by atoms with E-state index >= 15 is 4.39 Å². The van der Waals surface area contributed by atoms with Crippen LogP contribution in [0, 0.1) is 11.2 Å². The second kappa shape index (κ2) is 11.1. The van der Waals surface area contributed by atoms with Gasteiger partial charge < -0.3 is 23.7 Å². The number of hydrogen-bond acceptors (Lipinski definition) is 6. The summed E-state index contributed by atoms with van der Waals surface area (Å²) in [6.45, 7) is 10.3. The van der Waals surface area contributed by atoms with Crippen molar-refractivity contribution in [2.45, 2.75) is 46.6 Å². The maximum absolute atomic E-state index is 15.4. The molecule has 8 nitrogen and oxygen atoms in total. The largest absolute Gasteiger partial charge is 0.490 e. The summed E-state index contributed by atoms with van der Waals surface area (Å²) >= 11 is 0. The fourth-order valence-electron chi connectivity index (χ4n) is 5.13. The molecule has 2 aromatic carbocycles. The van der Waals surface area contributed by atoms with Crippen LogP contribution in [0.15, 0.2) is 36.4 Å². The van der Waals surface area contributed by atoms with Crippen LogP contribution in [0.25, 0.3) is 5.69 Å². The molecule has 0 radical (unpaired) electrons. The van der Waals surface area contributed by atoms with Gasteiger partial charge >= 0.3 is 0 Å². The Hall–Kier alpha value is -3.66. The molecule has 3 heterocycles. The van der Waals surface area contributed by atoms with Gasteiger partial charge in [-0.15, -0.1) is 17.0 Å². The molecule has 0 aliphatic carbocycles. The molecular formula is C30H33BrFN3O5. The zero-order valence-corrected chi connectivity index (χ0v) is 24.9. The van der Waals surface area contributed by atoms with Crippen molar-refractivity contribution in [3.05, 3.63) is 70.3 Å². The minimum Gasteiger partial charge on any atom is -0.490 e. The first-order chi connectivity index (χ1) is 18.5. The molecule has 3 aromatic rings. The van der Waals surface area contributed by atoms with Crippen molar-refractivity contribution in [1.82, 2.24) is 9.47 Å². The summed E-state index contributed by atoms with van der Waals surface area (Å²) in [5.74, 6) is -0.339. The third-order valence-corrected chi connectivity index (χ3v) is 6.92. The third kappa shape index (κ3) is 5.00. The molecule has 2 aliphatic heterocycles. The van der Waals surface area contributed by atoms with E-state index in [1.165, 1.54) is 4.90 Å². The van der Waals surface area contributed by atoms with Crippen molar-refractivity contribution in [2.24, 2.45) is 0 Å². The van der Waals surface area contributed by atoms with Crippen molar-refractivity contribution in [3.8, 4) is 22.9 Å². The van der Waals surface area contributed by atoms with Gasteiger partial charge in [0.05, 0.1) is 36.7 Å². The Bertz CT molecular complexity index is 1510. The van der Waals surface area contributed by atoms with Crippen LogP contribution in [0.3, 0.4) is 0 Å². The number of Topliss-reactive ketones (excluding diaryl/α,β-unsaturated/α-hetero) is 2. The maximum Gasteiger partial charge on any atom is 0.216 e. The van der Waals surface area contributed by atoms with Gasteiger partial charge in [0.1, 0.15) is 11.6 Å². The summed E-state index contributed by atoms with van der Waals surface area (Å²) in [4.78, 5) is 27.8. The molecule has 0 amide bonds. The van der Waals surface area contributed by atoms with Gasteiger partial charge in [0.25, 0.3) is 0 Å². The molecule has 5 rings (SSSR count). The van der Waals surface area contributed by atoms with E-state index in [4.69, 9.17) is 19.6 Å². The van der Waals surface area contributed by atoms with Crippen molar-refractivity contribution >= 4 is 34.4 Å². The minimum absolute atomic E-state index is 0. The predicted octanol–water partition coefficient (Wildman–Crippen LogP) is 5.89. The molecule has 0 bridgehead atoms. The molecule has 0 atom stereocenters. The van der Waals surface area contributed by atoms with Gasteiger partial charge in [-0.1, -0.05) is 20.8 Å². The van der Waals surface area contributed by atoms with Gasteiger partial charge in [-0.3, -0.25) is 15.0 Å². The average molecular weight is 615 g/mol. The summed E-state index contributed by atoms with van der Waals surface area (Å²) in [6.07, 6.45) is 0. The number of hydrogen-bond donors (Lipinski definition) is 1. The lowest BCUT2D eigenvalue weighted by Gasteiger charge is -2.23. The fraction of sp³-hybridized carbons (Fsp3) is 0.367. The molecule has 212 valence electrons. The summed E-state index contributed by atoms with van der Waals surface area (Å²) in [5.41, 5.74) is 2.87. The monoisotopic (exact) mass is 613 g/mol. The standard InChI is InChI=1S/C30H32FN3O5.BrH/c1-6-37-24-13-18-14-33(29(32)26(18)27(31)28(24)38-7-2)15-21(35)17-8-10-23-20(12-17)34-19(22(36)16-39-23)9-11-25(34)30(3,4)5;/h8-13,32H,6-7,14-16H2,1-5H3;1H. The van der Waals surface area contributed by atoms with E-state index in [0.717, 1.165) is 5.69 Å². The first kappa shape index (κ1) is 29.3. The Kier molecular flexibility index (Phi) is 8.12. The fourth-order valence-corrected chi connectivity index (χ4v) is 5.13. The highest BCUT2D eigenvalue weighted by atomic mass is 79.9. The summed E-state index contributed by atoms with van der Waals surface area (Å²) in [7, 11) is 0. The van der Waals surface area contributed by atoms with Crippen LogP contribution in [0.5, 0.6) is 17.2 Å². The molecule has 1 N–H and O–H groups in total. The van der Waals surface area contributed by atoms with Gasteiger partial charge in [0, 0.05) is 23.2 Å². The normalized spacial score (nSPS) is 14.0. The van der Waals surface area contributed by atoms with Gasteiger partial charge in [-0.2, -0.15) is 0 Å². The van der Waals surface area contributed by atoms with E-state index in [-0.39, 0.29) is 83.2 Å². The molecule has 1 aromatic heterocycles. The first-order valence-electron chi connectivity index (χ1n) is 13.1.